The molecule has 0 amide bonds. The quantitative estimate of drug-likeness (QED) is 0.721. The molecule has 0 unspecified atom stereocenters. The molecule has 0 radical (unpaired) electrons. The predicted octanol–water partition coefficient (Wildman–Crippen LogP) is 0.379. The summed E-state index contributed by atoms with van der Waals surface area (Å²) in [5.41, 5.74) is 0. The van der Waals surface area contributed by atoms with E-state index in [9.17, 15) is 0 Å². The minimum absolute atomic E-state index is 0.906. The minimum Gasteiger partial charge on any atom is -0.379 e. The lowest BCUT2D eigenvalue weighted by Crippen LogP contribution is -2.39. The molecule has 0 bridgehead atoms. The van der Waals surface area contributed by atoms with Gasteiger partial charge in [-0.25, -0.2) is 0 Å². The van der Waals surface area contributed by atoms with Crippen molar-refractivity contribution in [3.63, 3.8) is 0 Å². The lowest BCUT2D eigenvalue weighted by atomic mass is 10.4. The topological polar surface area (TPSA) is 41.6 Å². The molecule has 0 atom stereocenters. The molecule has 1 fully saturated rings. The lowest BCUT2D eigenvalue weighted by molar-refractivity contribution is -0.0979. The zero-order valence-electron chi connectivity index (χ0n) is 9.71. The highest BCUT2D eigenvalue weighted by molar-refractivity contribution is 5.10. The van der Waals surface area contributed by atoms with Gasteiger partial charge in [-0.05, 0) is 7.05 Å². The molecule has 0 aromatic rings. The van der Waals surface area contributed by atoms with Crippen LogP contribution in [0.3, 0.4) is 0 Å². The Hall–Kier alpha value is -0.450. The molecule has 86 valence electrons. The fourth-order valence-electron chi connectivity index (χ4n) is 1.09. The summed E-state index contributed by atoms with van der Waals surface area (Å²) in [5.74, 6) is 0. The van der Waals surface area contributed by atoms with Crippen molar-refractivity contribution in [2.24, 2.45) is 0 Å². The van der Waals surface area contributed by atoms with E-state index in [-0.39, 0.29) is 0 Å². The van der Waals surface area contributed by atoms with Crippen LogP contribution in [0.5, 0.6) is 0 Å². The van der Waals surface area contributed by atoms with Gasteiger partial charge in [-0.15, -0.1) is 0 Å². The fraction of sp³-hybridized carbons (Fsp3) is 0.900. The van der Waals surface area contributed by atoms with Crippen LogP contribution in [0.1, 0.15) is 13.8 Å². The summed E-state index contributed by atoms with van der Waals surface area (Å²) >= 11 is 0. The zero-order valence-corrected chi connectivity index (χ0v) is 9.71. The van der Waals surface area contributed by atoms with Crippen molar-refractivity contribution in [2.75, 3.05) is 46.4 Å². The predicted molar refractivity (Wildman–Crippen MR) is 59.7 cm³/mol. The molecule has 1 aliphatic rings. The summed E-state index contributed by atoms with van der Waals surface area (Å²) in [6.45, 7) is 12.2. The molecule has 4 heteroatoms. The van der Waals surface area contributed by atoms with Crippen LogP contribution < -0.4 is 5.32 Å². The third-order valence-corrected chi connectivity index (χ3v) is 1.78. The van der Waals surface area contributed by atoms with E-state index in [0.29, 0.717) is 0 Å². The Labute approximate surface area is 87.6 Å². The van der Waals surface area contributed by atoms with Crippen molar-refractivity contribution < 1.29 is 9.53 Å². The van der Waals surface area contributed by atoms with Crippen LogP contribution in [-0.4, -0.2) is 58.1 Å². The summed E-state index contributed by atoms with van der Waals surface area (Å²) < 4.78 is 5.22. The maximum Gasteiger partial charge on any atom is 0.106 e. The van der Waals surface area contributed by atoms with Crippen molar-refractivity contribution in [2.45, 2.75) is 13.8 Å². The molecular weight excluding hydrogens is 180 g/mol. The number of hydrogen-bond acceptors (Lipinski definition) is 4. The van der Waals surface area contributed by atoms with Gasteiger partial charge in [-0.2, -0.15) is 0 Å². The Bertz CT molecular complexity index is 96.1. The number of hydrogen-bond donors (Lipinski definition) is 1. The zero-order chi connectivity index (χ0) is 11.2. The summed E-state index contributed by atoms with van der Waals surface area (Å²) in [5, 5.41) is 3.13. The van der Waals surface area contributed by atoms with Crippen LogP contribution in [0.2, 0.25) is 0 Å². The highest BCUT2D eigenvalue weighted by Crippen LogP contribution is 1.94. The van der Waals surface area contributed by atoms with E-state index in [0.717, 1.165) is 39.4 Å². The highest BCUT2D eigenvalue weighted by Gasteiger charge is 2.07. The van der Waals surface area contributed by atoms with E-state index in [2.05, 4.69) is 10.2 Å². The van der Waals surface area contributed by atoms with E-state index in [4.69, 9.17) is 9.53 Å². The average Bonchev–Trinajstić information content (AvgIpc) is 2.33. The molecule has 0 aromatic heterocycles. The molecule has 1 aliphatic heterocycles. The van der Waals surface area contributed by atoms with Gasteiger partial charge in [0.15, 0.2) is 0 Å². The molecule has 1 heterocycles. The molecule has 1 rings (SSSR count). The molecule has 4 nitrogen and oxygen atoms in total. The van der Waals surface area contributed by atoms with Crippen LogP contribution in [0.4, 0.5) is 0 Å². The Balaban J connectivity index is 0. The molecule has 1 N–H and O–H groups in total. The van der Waals surface area contributed by atoms with Crippen LogP contribution in [0.25, 0.3) is 0 Å². The van der Waals surface area contributed by atoms with E-state index in [1.807, 2.05) is 27.7 Å². The number of morpholine rings is 1. The number of carbonyl (C=O) groups is 1. The van der Waals surface area contributed by atoms with Crippen molar-refractivity contribution >= 4 is 6.79 Å². The van der Waals surface area contributed by atoms with Crippen molar-refractivity contribution in [1.29, 1.82) is 0 Å². The van der Waals surface area contributed by atoms with Crippen LogP contribution >= 0.6 is 0 Å². The first-order valence-corrected chi connectivity index (χ1v) is 5.17. The van der Waals surface area contributed by atoms with Gasteiger partial charge in [0.25, 0.3) is 0 Å². The largest absolute Gasteiger partial charge is 0.379 e. The normalized spacial score (nSPS) is 15.9. The number of ether oxygens (including phenoxy) is 1. The SMILES string of the molecule is C=O.CC.CNCCN1CCOCC1. The molecule has 0 aromatic carbocycles. The number of carbonyl (C=O) groups excluding carboxylic acids is 1. The summed E-state index contributed by atoms with van der Waals surface area (Å²) in [7, 11) is 1.99. The standard InChI is InChI=1S/C7H16N2O.C2H6.CH2O/c1-8-2-3-9-4-6-10-7-5-9;2*1-2/h8H,2-7H2,1H3;1-2H3;1H2. The molecule has 0 saturated carbocycles. The van der Waals surface area contributed by atoms with Crippen molar-refractivity contribution in [1.82, 2.24) is 10.2 Å². The van der Waals surface area contributed by atoms with Gasteiger partial charge in [0, 0.05) is 26.2 Å². The van der Waals surface area contributed by atoms with Gasteiger partial charge in [-0.1, -0.05) is 13.8 Å². The van der Waals surface area contributed by atoms with Crippen molar-refractivity contribution in [3.8, 4) is 0 Å². The van der Waals surface area contributed by atoms with E-state index >= 15 is 0 Å². The average molecular weight is 204 g/mol. The third-order valence-electron chi connectivity index (χ3n) is 1.78. The van der Waals surface area contributed by atoms with E-state index in [1.54, 1.807) is 0 Å². The fourth-order valence-corrected chi connectivity index (χ4v) is 1.09. The first-order valence-electron chi connectivity index (χ1n) is 5.17. The molecular formula is C10H24N2O2. The molecule has 0 spiro atoms. The Morgan fingerprint density at radius 2 is 1.79 bits per heavy atom. The van der Waals surface area contributed by atoms with Crippen LogP contribution in [0, 0.1) is 0 Å². The summed E-state index contributed by atoms with van der Waals surface area (Å²) in [6.07, 6.45) is 0. The van der Waals surface area contributed by atoms with Gasteiger partial charge < -0.3 is 14.8 Å². The second-order valence-corrected chi connectivity index (χ2v) is 2.56. The third kappa shape index (κ3) is 9.64. The number of nitrogens with one attached hydrogen (secondary N) is 1. The summed E-state index contributed by atoms with van der Waals surface area (Å²) in [4.78, 5) is 10.4. The highest BCUT2D eigenvalue weighted by atomic mass is 16.5. The minimum atomic E-state index is 0.906. The second-order valence-electron chi connectivity index (χ2n) is 2.56. The number of rotatable bonds is 3. The number of likely N-dealkylation sites (N-methyl/N-ethyl adjacent to an activating group) is 1. The Kier molecular flexibility index (Phi) is 17.2. The maximum atomic E-state index is 8.00. The van der Waals surface area contributed by atoms with Gasteiger partial charge in [0.2, 0.25) is 0 Å². The van der Waals surface area contributed by atoms with Gasteiger partial charge in [0.05, 0.1) is 13.2 Å². The van der Waals surface area contributed by atoms with Crippen LogP contribution in [0.15, 0.2) is 0 Å². The van der Waals surface area contributed by atoms with Crippen LogP contribution in [-0.2, 0) is 9.53 Å². The monoisotopic (exact) mass is 204 g/mol. The smallest absolute Gasteiger partial charge is 0.106 e. The Morgan fingerprint density at radius 1 is 1.29 bits per heavy atom. The lowest BCUT2D eigenvalue weighted by Gasteiger charge is -2.26. The van der Waals surface area contributed by atoms with Crippen molar-refractivity contribution in [3.05, 3.63) is 0 Å². The molecule has 0 aliphatic carbocycles. The van der Waals surface area contributed by atoms with E-state index < -0.39 is 0 Å². The van der Waals surface area contributed by atoms with Gasteiger partial charge in [-0.3, -0.25) is 4.90 Å². The Morgan fingerprint density at radius 3 is 2.21 bits per heavy atom. The number of nitrogens with zero attached hydrogens (tertiary/aromatic N) is 1. The first-order chi connectivity index (χ1) is 6.93. The second kappa shape index (κ2) is 15.0. The summed E-state index contributed by atoms with van der Waals surface area (Å²) in [6, 6.07) is 0. The van der Waals surface area contributed by atoms with Gasteiger partial charge >= 0.3 is 0 Å². The van der Waals surface area contributed by atoms with E-state index in [1.165, 1.54) is 0 Å². The molecule has 14 heavy (non-hydrogen) atoms. The van der Waals surface area contributed by atoms with Gasteiger partial charge in [0.1, 0.15) is 6.79 Å². The maximum absolute atomic E-state index is 8.00. The molecule has 1 saturated heterocycles. The first kappa shape index (κ1) is 16.0.